The summed E-state index contributed by atoms with van der Waals surface area (Å²) in [5.41, 5.74) is 0.661. The molecule has 2 aliphatic carbocycles. The average molecular weight is 285 g/mol. The summed E-state index contributed by atoms with van der Waals surface area (Å²) >= 11 is 0. The summed E-state index contributed by atoms with van der Waals surface area (Å²) in [7, 11) is 0. The molecular formula is C17H23N3O. The Hall–Kier alpha value is -1.45. The number of amides is 1. The van der Waals surface area contributed by atoms with Gasteiger partial charge in [0.1, 0.15) is 5.82 Å². The van der Waals surface area contributed by atoms with Gasteiger partial charge in [-0.2, -0.15) is 0 Å². The highest BCUT2D eigenvalue weighted by atomic mass is 16.2. The monoisotopic (exact) mass is 285 g/mol. The molecule has 0 aromatic carbocycles. The molecule has 2 saturated heterocycles. The van der Waals surface area contributed by atoms with Crippen molar-refractivity contribution in [2.45, 2.75) is 51.5 Å². The molecule has 0 spiro atoms. The SMILES string of the molecule is CCc1ncc(C(=O)N2CC3C[C@@H]4CC2C[C@H](C3)C4)cn1. The van der Waals surface area contributed by atoms with Crippen LogP contribution >= 0.6 is 0 Å². The molecule has 4 nitrogen and oxygen atoms in total. The first-order chi connectivity index (χ1) is 10.2. The Balaban J connectivity index is 1.58. The third-order valence-electron chi connectivity index (χ3n) is 5.64. The number of aromatic nitrogens is 2. The van der Waals surface area contributed by atoms with Gasteiger partial charge in [-0.15, -0.1) is 0 Å². The molecule has 2 unspecified atom stereocenters. The molecule has 1 aromatic heterocycles. The van der Waals surface area contributed by atoms with Crippen molar-refractivity contribution in [3.63, 3.8) is 0 Å². The number of carbonyl (C=O) groups is 1. The molecule has 4 atom stereocenters. The molecule has 2 aliphatic heterocycles. The third kappa shape index (κ3) is 2.34. The summed E-state index contributed by atoms with van der Waals surface area (Å²) < 4.78 is 0. The summed E-state index contributed by atoms with van der Waals surface area (Å²) in [5, 5.41) is 0. The second-order valence-corrected chi connectivity index (χ2v) is 7.13. The predicted octanol–water partition coefficient (Wildman–Crippen LogP) is 2.69. The summed E-state index contributed by atoms with van der Waals surface area (Å²) in [6.45, 7) is 2.98. The third-order valence-corrected chi connectivity index (χ3v) is 5.64. The first-order valence-electron chi connectivity index (χ1n) is 8.34. The van der Waals surface area contributed by atoms with Crippen LogP contribution in [0.1, 0.15) is 55.2 Å². The Kier molecular flexibility index (Phi) is 3.20. The zero-order valence-corrected chi connectivity index (χ0v) is 12.7. The van der Waals surface area contributed by atoms with Crippen LogP contribution in [-0.4, -0.2) is 33.4 Å². The Morgan fingerprint density at radius 2 is 1.71 bits per heavy atom. The number of aryl methyl sites for hydroxylation is 1. The van der Waals surface area contributed by atoms with Crippen LogP contribution < -0.4 is 0 Å². The van der Waals surface area contributed by atoms with Crippen molar-refractivity contribution >= 4 is 5.91 Å². The molecule has 4 heteroatoms. The second-order valence-electron chi connectivity index (χ2n) is 7.13. The van der Waals surface area contributed by atoms with Gasteiger partial charge < -0.3 is 4.90 Å². The van der Waals surface area contributed by atoms with Crippen molar-refractivity contribution < 1.29 is 4.79 Å². The maximum absolute atomic E-state index is 12.9. The van der Waals surface area contributed by atoms with Crippen LogP contribution in [0.5, 0.6) is 0 Å². The van der Waals surface area contributed by atoms with Gasteiger partial charge in [0.15, 0.2) is 0 Å². The second kappa shape index (κ2) is 5.08. The lowest BCUT2D eigenvalue weighted by Crippen LogP contribution is -2.42. The van der Waals surface area contributed by atoms with Crippen LogP contribution in [0.3, 0.4) is 0 Å². The van der Waals surface area contributed by atoms with E-state index in [4.69, 9.17) is 0 Å². The van der Waals surface area contributed by atoms with Crippen LogP contribution in [-0.2, 0) is 6.42 Å². The minimum Gasteiger partial charge on any atom is -0.335 e. The molecule has 4 aliphatic rings. The smallest absolute Gasteiger partial charge is 0.257 e. The number of nitrogens with zero attached hydrogens (tertiary/aromatic N) is 3. The molecule has 5 rings (SSSR count). The Bertz CT molecular complexity index is 527. The van der Waals surface area contributed by atoms with E-state index in [1.807, 2.05) is 6.92 Å². The lowest BCUT2D eigenvalue weighted by Gasteiger charge is -2.38. The highest BCUT2D eigenvalue weighted by Crippen LogP contribution is 2.47. The number of rotatable bonds is 2. The van der Waals surface area contributed by atoms with E-state index >= 15 is 0 Å². The topological polar surface area (TPSA) is 46.1 Å². The normalized spacial score (nSPS) is 34.0. The van der Waals surface area contributed by atoms with Gasteiger partial charge in [-0.05, 0) is 49.9 Å². The fraction of sp³-hybridized carbons (Fsp3) is 0.706. The molecule has 112 valence electrons. The fourth-order valence-electron chi connectivity index (χ4n) is 4.85. The van der Waals surface area contributed by atoms with Crippen LogP contribution in [0.4, 0.5) is 0 Å². The van der Waals surface area contributed by atoms with Gasteiger partial charge in [0.25, 0.3) is 5.91 Å². The molecule has 0 radical (unpaired) electrons. The molecule has 3 heterocycles. The van der Waals surface area contributed by atoms with Gasteiger partial charge in [-0.3, -0.25) is 4.79 Å². The van der Waals surface area contributed by atoms with Gasteiger partial charge in [0.05, 0.1) is 5.56 Å². The van der Waals surface area contributed by atoms with E-state index in [0.29, 0.717) is 11.6 Å². The maximum atomic E-state index is 12.9. The highest BCUT2D eigenvalue weighted by molar-refractivity contribution is 5.93. The summed E-state index contributed by atoms with van der Waals surface area (Å²) in [6, 6.07) is 0.458. The lowest BCUT2D eigenvalue weighted by molar-refractivity contribution is 0.0632. The Labute approximate surface area is 126 Å². The number of hydrogen-bond acceptors (Lipinski definition) is 3. The zero-order chi connectivity index (χ0) is 14.4. The first-order valence-corrected chi connectivity index (χ1v) is 8.34. The van der Waals surface area contributed by atoms with E-state index in [1.165, 1.54) is 32.1 Å². The van der Waals surface area contributed by atoms with Gasteiger partial charge in [0, 0.05) is 31.4 Å². The van der Waals surface area contributed by atoms with Crippen molar-refractivity contribution in [2.75, 3.05) is 6.54 Å². The van der Waals surface area contributed by atoms with Gasteiger partial charge in [0.2, 0.25) is 0 Å². The van der Waals surface area contributed by atoms with Crippen LogP contribution in [0, 0.1) is 17.8 Å². The molecule has 0 N–H and O–H groups in total. The molecule has 1 aromatic rings. The molecule has 2 saturated carbocycles. The molecule has 21 heavy (non-hydrogen) atoms. The van der Waals surface area contributed by atoms with Crippen molar-refractivity contribution in [1.82, 2.24) is 14.9 Å². The first kappa shape index (κ1) is 13.2. The minimum atomic E-state index is 0.149. The van der Waals surface area contributed by atoms with E-state index in [2.05, 4.69) is 14.9 Å². The molecular weight excluding hydrogens is 262 g/mol. The quantitative estimate of drug-likeness (QED) is 0.839. The lowest BCUT2D eigenvalue weighted by atomic mass is 9.68. The van der Waals surface area contributed by atoms with E-state index in [9.17, 15) is 4.79 Å². The van der Waals surface area contributed by atoms with Crippen LogP contribution in [0.25, 0.3) is 0 Å². The van der Waals surface area contributed by atoms with E-state index in [-0.39, 0.29) is 5.91 Å². The Morgan fingerprint density at radius 3 is 2.33 bits per heavy atom. The van der Waals surface area contributed by atoms with Crippen molar-refractivity contribution in [3.8, 4) is 0 Å². The summed E-state index contributed by atoms with van der Waals surface area (Å²) in [4.78, 5) is 23.6. The predicted molar refractivity (Wildman–Crippen MR) is 79.8 cm³/mol. The molecule has 4 bridgehead atoms. The van der Waals surface area contributed by atoms with E-state index < -0.39 is 0 Å². The van der Waals surface area contributed by atoms with E-state index in [1.54, 1.807) is 12.4 Å². The standard InChI is InChI=1S/C17H23N3O/c1-2-16-18-8-14(9-19-16)17(21)20-10-13-4-11-3-12(5-13)7-15(20)6-11/h8-9,11-13,15H,2-7,10H2,1H3/t11-,12+,13?,15?. The zero-order valence-electron chi connectivity index (χ0n) is 12.7. The maximum Gasteiger partial charge on any atom is 0.257 e. The average Bonchev–Trinajstić information content (AvgIpc) is 2.70. The summed E-state index contributed by atoms with van der Waals surface area (Å²) in [6.07, 6.45) is 10.7. The van der Waals surface area contributed by atoms with Gasteiger partial charge in [-0.1, -0.05) is 6.92 Å². The number of fused-ring (bicyclic) bond motifs is 1. The van der Waals surface area contributed by atoms with Gasteiger partial charge in [-0.25, -0.2) is 9.97 Å². The van der Waals surface area contributed by atoms with Crippen molar-refractivity contribution in [2.24, 2.45) is 17.8 Å². The van der Waals surface area contributed by atoms with Crippen molar-refractivity contribution in [3.05, 3.63) is 23.8 Å². The molecule has 4 fully saturated rings. The summed E-state index contributed by atoms with van der Waals surface area (Å²) in [5.74, 6) is 3.41. The highest BCUT2D eigenvalue weighted by Gasteiger charge is 2.44. The Morgan fingerprint density at radius 1 is 1.10 bits per heavy atom. The van der Waals surface area contributed by atoms with Crippen molar-refractivity contribution in [1.29, 1.82) is 0 Å². The number of hydrogen-bond donors (Lipinski definition) is 0. The van der Waals surface area contributed by atoms with Crippen LogP contribution in [0.15, 0.2) is 12.4 Å². The van der Waals surface area contributed by atoms with Gasteiger partial charge >= 0.3 is 0 Å². The molecule has 1 amide bonds. The minimum absolute atomic E-state index is 0.149. The largest absolute Gasteiger partial charge is 0.335 e. The van der Waals surface area contributed by atoms with Crippen LogP contribution in [0.2, 0.25) is 0 Å². The fourth-order valence-corrected chi connectivity index (χ4v) is 4.85. The number of carbonyl (C=O) groups excluding carboxylic acids is 1. The van der Waals surface area contributed by atoms with E-state index in [0.717, 1.165) is 36.5 Å².